The van der Waals surface area contributed by atoms with E-state index in [1.165, 1.54) is 55.2 Å². The third-order valence-electron chi connectivity index (χ3n) is 22.7. The lowest BCUT2D eigenvalue weighted by Crippen LogP contribution is -2.35. The number of aliphatic hydroxyl groups excluding tert-OH is 1. The average Bonchev–Trinajstić information content (AvgIpc) is 1.69. The molecule has 8 aromatic heterocycles. The van der Waals surface area contributed by atoms with Gasteiger partial charge >= 0.3 is 0 Å². The number of nitrogens with one attached hydrogen (secondary N) is 4. The van der Waals surface area contributed by atoms with Gasteiger partial charge in [-0.2, -0.15) is 20.4 Å². The summed E-state index contributed by atoms with van der Waals surface area (Å²) in [5.41, 5.74) is 24.7. The highest BCUT2D eigenvalue weighted by Gasteiger charge is 2.33. The van der Waals surface area contributed by atoms with Crippen LogP contribution in [0.15, 0.2) is 131 Å². The minimum absolute atomic E-state index is 0.00757. The number of amides is 4. The zero-order chi connectivity index (χ0) is 85.1. The molecule has 13 heterocycles. The van der Waals surface area contributed by atoms with Crippen molar-refractivity contribution in [3.8, 4) is 45.0 Å². The highest BCUT2D eigenvalue weighted by atomic mass is 32.2. The molecule has 4 amide bonds. The molecule has 0 spiro atoms. The number of rotatable bonds is 17. The maximum atomic E-state index is 12.6. The van der Waals surface area contributed by atoms with Crippen LogP contribution in [-0.2, 0) is 35.8 Å². The standard InChI is InChI=1S/C25H32N6O.C22H28N6O3S.C21H25N5O2.C21H25N5OS/c1-17-14-23(30-13-10-21(16-30)27-19(3)32)25-26-18(2)24(31(25)28-17)20-8-7-9-22(15-20)29-11-5-4-6-12-29;1-14-11-20(27-10-9-18(13-27)24-16(3)29)22-23-15(2)21(28(22)25-14)17-7-6-8-19(12-17)32(30,31)26(4)5;1-13-10-19(25-9-8-18(11-25)23-15(3)28)21-22-14(2)20(26(21)24-13)17-6-4-16(12-27)5-7-17;1-13-11-19(25-10-9-17(12-25)23-15(3)27)21-22-14(2)20(26(21)24-13)16-5-7-18(28-4)8-6-16/h7-9,14-15,21H,4-6,10-13,16H2,1-3H3,(H,27,32);6-8,11-12,18H,9-10,13H2,1-5H3,(H,24,29);4-7,10,18,27H,8-9,11-12H2,1-3H3,(H,23,28);5-8,11,17H,9-10,12H2,1-4H3,(H,23,27)/t21-;2*18-;17-/m1111/s1. The Hall–Kier alpha value is -11.5. The predicted molar refractivity (Wildman–Crippen MR) is 474 cm³/mol. The second-order valence-corrected chi connectivity index (χ2v) is 35.4. The molecule has 0 aliphatic carbocycles. The summed E-state index contributed by atoms with van der Waals surface area (Å²) in [5, 5.41) is 40.4. The zero-order valence-corrected chi connectivity index (χ0v) is 73.0. The molecule has 29 nitrogen and oxygen atoms in total. The molecule has 0 radical (unpaired) electrons. The lowest BCUT2D eigenvalue weighted by molar-refractivity contribution is -0.120. The van der Waals surface area contributed by atoms with Crippen molar-refractivity contribution in [2.24, 2.45) is 0 Å². The summed E-state index contributed by atoms with van der Waals surface area (Å²) in [6.07, 6.45) is 9.60. The van der Waals surface area contributed by atoms with E-state index in [0.29, 0.717) is 12.2 Å². The van der Waals surface area contributed by atoms with E-state index in [2.05, 4.69) is 126 Å². The van der Waals surface area contributed by atoms with Crippen molar-refractivity contribution in [3.05, 3.63) is 172 Å². The van der Waals surface area contributed by atoms with Crippen molar-refractivity contribution in [3.63, 3.8) is 0 Å². The summed E-state index contributed by atoms with van der Waals surface area (Å²) >= 11 is 1.73. The second kappa shape index (κ2) is 36.2. The zero-order valence-electron chi connectivity index (χ0n) is 71.3. The molecule has 120 heavy (non-hydrogen) atoms. The first-order valence-electron chi connectivity index (χ1n) is 41.3. The first kappa shape index (κ1) is 84.9. The van der Waals surface area contributed by atoms with Crippen molar-refractivity contribution < 1.29 is 32.7 Å². The van der Waals surface area contributed by atoms with Crippen LogP contribution in [0.5, 0.6) is 0 Å². The number of aryl methyl sites for hydroxylation is 8. The molecule has 5 aliphatic rings. The number of piperidine rings is 1. The Morgan fingerprint density at radius 1 is 0.417 bits per heavy atom. The van der Waals surface area contributed by atoms with E-state index in [4.69, 9.17) is 40.3 Å². The Morgan fingerprint density at radius 3 is 1.07 bits per heavy atom. The largest absolute Gasteiger partial charge is 0.392 e. The van der Waals surface area contributed by atoms with Crippen molar-refractivity contribution >= 4 is 96.4 Å². The molecule has 0 unspecified atom stereocenters. The van der Waals surface area contributed by atoms with Gasteiger partial charge in [-0.25, -0.2) is 50.7 Å². The summed E-state index contributed by atoms with van der Waals surface area (Å²) in [7, 11) is -0.528. The van der Waals surface area contributed by atoms with Gasteiger partial charge in [0.2, 0.25) is 33.7 Å². The van der Waals surface area contributed by atoms with E-state index >= 15 is 0 Å². The number of carbonyl (C=O) groups is 4. The van der Waals surface area contributed by atoms with Crippen molar-refractivity contribution in [2.75, 3.05) is 110 Å². The molecule has 5 saturated heterocycles. The van der Waals surface area contributed by atoms with Gasteiger partial charge in [0.1, 0.15) is 0 Å². The lowest BCUT2D eigenvalue weighted by Gasteiger charge is -2.29. The normalized spacial score (nSPS) is 17.4. The van der Waals surface area contributed by atoms with Crippen LogP contribution in [0.2, 0.25) is 0 Å². The minimum Gasteiger partial charge on any atom is -0.392 e. The number of aliphatic hydroxyl groups is 1. The molecule has 4 aromatic carbocycles. The Labute approximate surface area is 705 Å². The highest BCUT2D eigenvalue weighted by molar-refractivity contribution is 7.98. The topological polar surface area (TPSA) is 311 Å². The maximum Gasteiger partial charge on any atom is 0.242 e. The summed E-state index contributed by atoms with van der Waals surface area (Å²) in [6.45, 7) is 31.0. The lowest BCUT2D eigenvalue weighted by atomic mass is 10.1. The quantitative estimate of drug-likeness (QED) is 0.0529. The van der Waals surface area contributed by atoms with E-state index in [1.54, 1.807) is 55.2 Å². The smallest absolute Gasteiger partial charge is 0.242 e. The van der Waals surface area contributed by atoms with Crippen molar-refractivity contribution in [2.45, 2.75) is 169 Å². The van der Waals surface area contributed by atoms with Crippen LogP contribution in [0.25, 0.3) is 67.6 Å². The van der Waals surface area contributed by atoms with E-state index in [0.717, 1.165) is 220 Å². The number of thioether (sulfide) groups is 1. The highest BCUT2D eigenvalue weighted by Crippen LogP contribution is 2.39. The average molecular weight is 1660 g/mol. The summed E-state index contributed by atoms with van der Waals surface area (Å²) < 4.78 is 34.2. The van der Waals surface area contributed by atoms with Gasteiger partial charge in [-0.05, 0) is 173 Å². The molecular formula is C89H110N22O7S2. The molecule has 12 aromatic rings. The van der Waals surface area contributed by atoms with Gasteiger partial charge in [0, 0.05) is 164 Å². The van der Waals surface area contributed by atoms with Gasteiger partial charge in [0.15, 0.2) is 22.6 Å². The molecule has 5 fully saturated rings. The fourth-order valence-corrected chi connectivity index (χ4v) is 18.6. The number of sulfonamides is 1. The third-order valence-corrected chi connectivity index (χ3v) is 25.2. The fourth-order valence-electron chi connectivity index (χ4n) is 17.2. The molecule has 630 valence electrons. The number of imidazole rings is 4. The van der Waals surface area contributed by atoms with Crippen LogP contribution in [0.3, 0.4) is 0 Å². The SMILES string of the molecule is CC(=O)N[C@@H]1CCN(c2cc(C)nn3c(-c4ccc(CO)cc4)c(C)nc23)C1.CC(=O)N[C@@H]1CCN(c2cc(C)nn3c(-c4cccc(N5CCCCC5)c4)c(C)nc23)C1.CC(=O)N[C@@H]1CCN(c2cc(C)nn3c(-c4cccc(S(=O)(=O)N(C)C)c4)c(C)nc23)C1.CSc1ccc(-c2c(C)nc3c(N4CC[C@@H](NC(C)=O)C4)cc(C)nn23)cc1. The Bertz CT molecular complexity index is 5770. The summed E-state index contributed by atoms with van der Waals surface area (Å²) in [5.74, 6) is 0.0311. The number of carbonyl (C=O) groups excluding carboxylic acids is 4. The van der Waals surface area contributed by atoms with Crippen LogP contribution in [0, 0.1) is 55.4 Å². The summed E-state index contributed by atoms with van der Waals surface area (Å²) in [6, 6.07) is 40.9. The minimum atomic E-state index is -3.56. The predicted octanol–water partition coefficient (Wildman–Crippen LogP) is 11.4. The molecule has 0 saturated carbocycles. The van der Waals surface area contributed by atoms with Gasteiger partial charge in [-0.15, -0.1) is 11.8 Å². The molecule has 31 heteroatoms. The maximum absolute atomic E-state index is 12.6. The number of fused-ring (bicyclic) bond motifs is 4. The fraction of sp³-hybridized carbons (Fsp3) is 0.416. The molecular weight excluding hydrogens is 1550 g/mol. The number of benzene rings is 4. The monoisotopic (exact) mass is 1660 g/mol. The Morgan fingerprint density at radius 2 is 0.742 bits per heavy atom. The molecule has 5 aliphatic heterocycles. The van der Waals surface area contributed by atoms with Crippen LogP contribution in [0.4, 0.5) is 28.4 Å². The van der Waals surface area contributed by atoms with Crippen molar-refractivity contribution in [1.82, 2.24) is 84.0 Å². The van der Waals surface area contributed by atoms with Gasteiger partial charge in [-0.3, -0.25) is 19.2 Å². The van der Waals surface area contributed by atoms with E-state index in [-0.39, 0.29) is 59.3 Å². The second-order valence-electron chi connectivity index (χ2n) is 32.3. The van der Waals surface area contributed by atoms with Gasteiger partial charge in [0.25, 0.3) is 0 Å². The molecule has 17 rings (SSSR count). The molecule has 0 bridgehead atoms. The van der Waals surface area contributed by atoms with Crippen LogP contribution >= 0.6 is 11.8 Å². The Kier molecular flexibility index (Phi) is 25.6. The van der Waals surface area contributed by atoms with Crippen LogP contribution in [0.1, 0.15) is 124 Å². The first-order chi connectivity index (χ1) is 57.5. The first-order valence-corrected chi connectivity index (χ1v) is 43.9. The van der Waals surface area contributed by atoms with E-state index in [1.807, 2.05) is 98.4 Å². The summed E-state index contributed by atoms with van der Waals surface area (Å²) in [4.78, 5) is 78.3. The Balaban J connectivity index is 0.000000131. The number of nitrogens with zero attached hydrogens (tertiary/aromatic N) is 18. The van der Waals surface area contributed by atoms with Crippen molar-refractivity contribution in [1.29, 1.82) is 0 Å². The molecule has 4 atom stereocenters. The molecule has 5 N–H and O–H groups in total. The van der Waals surface area contributed by atoms with E-state index < -0.39 is 10.0 Å². The third kappa shape index (κ3) is 18.6. The van der Waals surface area contributed by atoms with Crippen LogP contribution in [-0.4, -0.2) is 210 Å². The van der Waals surface area contributed by atoms with Gasteiger partial charge < -0.3 is 50.9 Å². The van der Waals surface area contributed by atoms with E-state index in [9.17, 15) is 32.7 Å². The number of hydrogen-bond donors (Lipinski definition) is 5. The number of hydrogen-bond acceptors (Lipinski definition) is 21. The number of anilines is 5. The van der Waals surface area contributed by atoms with Crippen LogP contribution < -0.4 is 45.8 Å². The van der Waals surface area contributed by atoms with Gasteiger partial charge in [-0.1, -0.05) is 60.7 Å². The van der Waals surface area contributed by atoms with Gasteiger partial charge in [0.05, 0.1) is 103 Å². The number of aromatic nitrogens is 12.